The van der Waals surface area contributed by atoms with Crippen LogP contribution in [-0.4, -0.2) is 26.4 Å². The zero-order valence-corrected chi connectivity index (χ0v) is 14.0. The Hall–Kier alpha value is -1.96. The van der Waals surface area contributed by atoms with Gasteiger partial charge >= 0.3 is 0 Å². The number of hydrogen-bond donors (Lipinski definition) is 2. The number of sulfonamides is 1. The van der Waals surface area contributed by atoms with Gasteiger partial charge in [0.25, 0.3) is 0 Å². The lowest BCUT2D eigenvalue weighted by Gasteiger charge is -2.07. The van der Waals surface area contributed by atoms with E-state index in [0.717, 1.165) is 5.56 Å². The summed E-state index contributed by atoms with van der Waals surface area (Å²) in [6.45, 7) is 0. The highest BCUT2D eigenvalue weighted by Gasteiger charge is 2.11. The smallest absolute Gasteiger partial charge is 0.240 e. The van der Waals surface area contributed by atoms with Gasteiger partial charge in [0.15, 0.2) is 0 Å². The second-order valence-electron chi connectivity index (χ2n) is 4.76. The lowest BCUT2D eigenvalue weighted by atomic mass is 10.1. The highest BCUT2D eigenvalue weighted by atomic mass is 35.5. The molecule has 1 aromatic heterocycles. The van der Waals surface area contributed by atoms with E-state index in [2.05, 4.69) is 15.0 Å². The Bertz CT molecular complexity index is 792. The maximum absolute atomic E-state index is 11.9. The lowest BCUT2D eigenvalue weighted by Crippen LogP contribution is -2.18. The summed E-state index contributed by atoms with van der Waals surface area (Å²) >= 11 is 5.92. The van der Waals surface area contributed by atoms with Gasteiger partial charge in [0.2, 0.25) is 15.9 Å². The number of aryl methyl sites for hydroxylation is 1. The number of rotatable bonds is 6. The number of carbonyl (C=O) groups is 1. The van der Waals surface area contributed by atoms with E-state index in [1.165, 1.54) is 25.4 Å². The molecule has 23 heavy (non-hydrogen) atoms. The first kappa shape index (κ1) is 17.4. The van der Waals surface area contributed by atoms with Gasteiger partial charge in [-0.15, -0.1) is 0 Å². The van der Waals surface area contributed by atoms with Gasteiger partial charge in [-0.1, -0.05) is 23.7 Å². The van der Waals surface area contributed by atoms with Crippen molar-refractivity contribution in [3.05, 3.63) is 53.3 Å². The molecule has 1 amide bonds. The topological polar surface area (TPSA) is 88.2 Å². The first-order valence-corrected chi connectivity index (χ1v) is 8.70. The van der Waals surface area contributed by atoms with Crippen LogP contribution in [0.2, 0.25) is 5.02 Å². The average molecular weight is 354 g/mol. The van der Waals surface area contributed by atoms with Gasteiger partial charge in [0.05, 0.1) is 15.6 Å². The molecule has 0 spiro atoms. The average Bonchev–Trinajstić information content (AvgIpc) is 2.55. The molecule has 2 N–H and O–H groups in total. The quantitative estimate of drug-likeness (QED) is 0.833. The molecule has 6 nitrogen and oxygen atoms in total. The zero-order chi connectivity index (χ0) is 16.9. The Kier molecular flexibility index (Phi) is 5.70. The van der Waals surface area contributed by atoms with Crippen LogP contribution in [-0.2, 0) is 21.2 Å². The van der Waals surface area contributed by atoms with Crippen LogP contribution in [0.3, 0.4) is 0 Å². The van der Waals surface area contributed by atoms with E-state index in [-0.39, 0.29) is 17.2 Å². The Balaban J connectivity index is 1.93. The van der Waals surface area contributed by atoms with E-state index in [0.29, 0.717) is 17.1 Å². The minimum Gasteiger partial charge on any atom is -0.325 e. The van der Waals surface area contributed by atoms with Gasteiger partial charge in [-0.25, -0.2) is 13.1 Å². The maximum atomic E-state index is 11.9. The summed E-state index contributed by atoms with van der Waals surface area (Å²) < 4.78 is 25.5. The molecule has 0 aliphatic heterocycles. The van der Waals surface area contributed by atoms with Crippen molar-refractivity contribution in [3.8, 4) is 0 Å². The van der Waals surface area contributed by atoms with Gasteiger partial charge in [-0.3, -0.25) is 9.78 Å². The van der Waals surface area contributed by atoms with E-state index < -0.39 is 10.0 Å². The van der Waals surface area contributed by atoms with E-state index in [4.69, 9.17) is 11.6 Å². The van der Waals surface area contributed by atoms with Crippen molar-refractivity contribution < 1.29 is 13.2 Å². The van der Waals surface area contributed by atoms with Crippen molar-refractivity contribution >= 4 is 33.2 Å². The second-order valence-corrected chi connectivity index (χ2v) is 7.05. The van der Waals surface area contributed by atoms with Crippen molar-refractivity contribution in [2.75, 3.05) is 12.4 Å². The minimum absolute atomic E-state index is 0.176. The monoisotopic (exact) mass is 353 g/mol. The normalized spacial score (nSPS) is 11.2. The summed E-state index contributed by atoms with van der Waals surface area (Å²) in [7, 11) is -2.08. The Labute approximate surface area is 139 Å². The van der Waals surface area contributed by atoms with E-state index >= 15 is 0 Å². The van der Waals surface area contributed by atoms with Gasteiger partial charge in [-0.2, -0.15) is 0 Å². The first-order chi connectivity index (χ1) is 10.9. The molecule has 122 valence electrons. The van der Waals surface area contributed by atoms with Gasteiger partial charge in [-0.05, 0) is 37.2 Å². The molecule has 0 aliphatic rings. The Morgan fingerprint density at radius 1 is 1.22 bits per heavy atom. The predicted octanol–water partition coefficient (Wildman–Crippen LogP) is 2.21. The Morgan fingerprint density at radius 2 is 1.91 bits per heavy atom. The molecule has 0 fully saturated rings. The fourth-order valence-corrected chi connectivity index (χ4v) is 2.80. The second kappa shape index (κ2) is 7.54. The standard InChI is InChI=1S/C15H16ClN3O3S/c1-17-23(21,22)12-5-2-11(3-6-12)4-7-15(20)19-14-8-9-18-10-13(14)16/h2-3,5-6,8-10,17H,4,7H2,1H3,(H,18,19,20). The fourth-order valence-electron chi connectivity index (χ4n) is 1.90. The highest BCUT2D eigenvalue weighted by Crippen LogP contribution is 2.19. The molecule has 0 bridgehead atoms. The number of anilines is 1. The number of benzene rings is 1. The number of amides is 1. The third-order valence-corrected chi connectivity index (χ3v) is 4.92. The summed E-state index contributed by atoms with van der Waals surface area (Å²) in [6, 6.07) is 8.03. The molecular formula is C15H16ClN3O3S. The molecule has 0 unspecified atom stereocenters. The SMILES string of the molecule is CNS(=O)(=O)c1ccc(CCC(=O)Nc2ccncc2Cl)cc1. The highest BCUT2D eigenvalue weighted by molar-refractivity contribution is 7.89. The number of nitrogens with one attached hydrogen (secondary N) is 2. The molecule has 2 rings (SSSR count). The minimum atomic E-state index is -3.44. The molecule has 0 radical (unpaired) electrons. The van der Waals surface area contributed by atoms with Crippen molar-refractivity contribution in [2.24, 2.45) is 0 Å². The maximum Gasteiger partial charge on any atom is 0.240 e. The summed E-state index contributed by atoms with van der Waals surface area (Å²) in [5.41, 5.74) is 1.39. The Morgan fingerprint density at radius 3 is 2.52 bits per heavy atom. The predicted molar refractivity (Wildman–Crippen MR) is 88.9 cm³/mol. The zero-order valence-electron chi connectivity index (χ0n) is 12.4. The van der Waals surface area contributed by atoms with Crippen LogP contribution in [0, 0.1) is 0 Å². The largest absolute Gasteiger partial charge is 0.325 e. The third-order valence-electron chi connectivity index (χ3n) is 3.19. The van der Waals surface area contributed by atoms with Crippen LogP contribution in [0.15, 0.2) is 47.6 Å². The number of pyridine rings is 1. The number of halogens is 1. The molecule has 0 saturated heterocycles. The van der Waals surface area contributed by atoms with Crippen LogP contribution in [0.1, 0.15) is 12.0 Å². The van der Waals surface area contributed by atoms with Crippen molar-refractivity contribution in [2.45, 2.75) is 17.7 Å². The summed E-state index contributed by atoms with van der Waals surface area (Å²) in [6.07, 6.45) is 3.76. The molecule has 0 atom stereocenters. The van der Waals surface area contributed by atoms with Crippen LogP contribution in [0.5, 0.6) is 0 Å². The lowest BCUT2D eigenvalue weighted by molar-refractivity contribution is -0.116. The van der Waals surface area contributed by atoms with Crippen molar-refractivity contribution in [3.63, 3.8) is 0 Å². The van der Waals surface area contributed by atoms with Gasteiger partial charge in [0, 0.05) is 18.8 Å². The van der Waals surface area contributed by atoms with E-state index in [9.17, 15) is 13.2 Å². The molecule has 8 heteroatoms. The van der Waals surface area contributed by atoms with E-state index in [1.54, 1.807) is 24.4 Å². The van der Waals surface area contributed by atoms with Crippen LogP contribution < -0.4 is 10.0 Å². The van der Waals surface area contributed by atoms with Crippen molar-refractivity contribution in [1.29, 1.82) is 0 Å². The fraction of sp³-hybridized carbons (Fsp3) is 0.200. The number of hydrogen-bond acceptors (Lipinski definition) is 4. The van der Waals surface area contributed by atoms with Gasteiger partial charge < -0.3 is 5.32 Å². The number of aromatic nitrogens is 1. The molecule has 2 aromatic rings. The molecule has 1 aromatic carbocycles. The molecule has 0 saturated carbocycles. The summed E-state index contributed by atoms with van der Waals surface area (Å²) in [5, 5.41) is 3.09. The summed E-state index contributed by atoms with van der Waals surface area (Å²) in [4.78, 5) is 15.9. The van der Waals surface area contributed by atoms with Crippen LogP contribution >= 0.6 is 11.6 Å². The van der Waals surface area contributed by atoms with Crippen molar-refractivity contribution in [1.82, 2.24) is 9.71 Å². The molecular weight excluding hydrogens is 338 g/mol. The summed E-state index contributed by atoms with van der Waals surface area (Å²) in [5.74, 6) is -0.176. The van der Waals surface area contributed by atoms with Gasteiger partial charge in [0.1, 0.15) is 0 Å². The van der Waals surface area contributed by atoms with E-state index in [1.807, 2.05) is 0 Å². The third kappa shape index (κ3) is 4.75. The number of carbonyl (C=O) groups excluding carboxylic acids is 1. The number of nitrogens with zero attached hydrogens (tertiary/aromatic N) is 1. The van der Waals surface area contributed by atoms with Crippen LogP contribution in [0.4, 0.5) is 5.69 Å². The molecule has 0 aliphatic carbocycles. The van der Waals surface area contributed by atoms with Crippen LogP contribution in [0.25, 0.3) is 0 Å². The molecule has 1 heterocycles. The first-order valence-electron chi connectivity index (χ1n) is 6.84.